The van der Waals surface area contributed by atoms with E-state index in [2.05, 4.69) is 4.74 Å². The van der Waals surface area contributed by atoms with Gasteiger partial charge in [-0.1, -0.05) is 18.2 Å². The number of benzene rings is 2. The van der Waals surface area contributed by atoms with Crippen LogP contribution in [-0.4, -0.2) is 16.8 Å². The minimum Gasteiger partial charge on any atom is -0.406 e. The summed E-state index contributed by atoms with van der Waals surface area (Å²) in [5, 5.41) is 0. The average Bonchev–Trinajstić information content (AvgIpc) is 2.45. The number of hydrogen-bond acceptors (Lipinski definition) is 2. The van der Waals surface area contributed by atoms with Crippen LogP contribution in [0.5, 0.6) is 5.75 Å². The second kappa shape index (κ2) is 6.46. The molecule has 0 spiro atoms. The van der Waals surface area contributed by atoms with Crippen molar-refractivity contribution >= 4 is 10.8 Å². The topological polar surface area (TPSA) is 26.3 Å². The van der Waals surface area contributed by atoms with E-state index in [9.17, 15) is 30.6 Å². The first-order chi connectivity index (χ1) is 11.0. The highest BCUT2D eigenvalue weighted by molar-refractivity contribution is 7.84. The van der Waals surface area contributed by atoms with E-state index in [0.717, 1.165) is 30.3 Å². The van der Waals surface area contributed by atoms with Gasteiger partial charge >= 0.3 is 12.5 Å². The van der Waals surface area contributed by atoms with E-state index in [-0.39, 0.29) is 10.5 Å². The second-order valence-electron chi connectivity index (χ2n) is 4.74. The van der Waals surface area contributed by atoms with Crippen molar-refractivity contribution in [1.29, 1.82) is 0 Å². The van der Waals surface area contributed by atoms with Gasteiger partial charge in [0.25, 0.3) is 0 Å². The van der Waals surface area contributed by atoms with E-state index in [4.69, 9.17) is 0 Å². The van der Waals surface area contributed by atoms with Gasteiger partial charge in [-0.05, 0) is 35.4 Å². The monoisotopic (exact) mass is 368 g/mol. The number of rotatable bonds is 3. The summed E-state index contributed by atoms with van der Waals surface area (Å²) >= 11 is 0. The van der Waals surface area contributed by atoms with Crippen LogP contribution in [0.4, 0.5) is 26.3 Å². The highest BCUT2D eigenvalue weighted by Crippen LogP contribution is 2.35. The minimum atomic E-state index is -4.84. The fourth-order valence-corrected chi connectivity index (χ4v) is 2.80. The highest BCUT2D eigenvalue weighted by Gasteiger charge is 2.32. The van der Waals surface area contributed by atoms with Gasteiger partial charge in [0, 0.05) is 11.2 Å². The summed E-state index contributed by atoms with van der Waals surface area (Å²) in [5.41, 5.74) is -0.390. The number of hydrogen-bond donors (Lipinski definition) is 0. The Balaban J connectivity index is 2.43. The van der Waals surface area contributed by atoms with Crippen molar-refractivity contribution in [3.8, 4) is 16.9 Å². The molecule has 0 aromatic heterocycles. The van der Waals surface area contributed by atoms with Gasteiger partial charge in [0.05, 0.1) is 16.4 Å². The zero-order chi connectivity index (χ0) is 18.1. The molecular weight excluding hydrogens is 358 g/mol. The molecule has 0 radical (unpaired) electrons. The first-order valence-corrected chi connectivity index (χ1v) is 7.94. The summed E-state index contributed by atoms with van der Waals surface area (Å²) in [6.07, 6.45) is -8.21. The van der Waals surface area contributed by atoms with E-state index in [0.29, 0.717) is 5.56 Å². The molecule has 2 rings (SSSR count). The van der Waals surface area contributed by atoms with E-state index in [1.54, 1.807) is 0 Å². The van der Waals surface area contributed by atoms with Crippen molar-refractivity contribution < 1.29 is 35.3 Å². The number of ether oxygens (including phenoxy) is 1. The smallest absolute Gasteiger partial charge is 0.406 e. The summed E-state index contributed by atoms with van der Waals surface area (Å²) < 4.78 is 90.1. The summed E-state index contributed by atoms with van der Waals surface area (Å²) in [6.45, 7) is 0. The summed E-state index contributed by atoms with van der Waals surface area (Å²) in [4.78, 5) is -0.0608. The third-order valence-electron chi connectivity index (χ3n) is 3.02. The van der Waals surface area contributed by atoms with E-state index < -0.39 is 34.7 Å². The molecule has 0 amide bonds. The third-order valence-corrected chi connectivity index (χ3v) is 3.97. The van der Waals surface area contributed by atoms with Crippen molar-refractivity contribution in [3.63, 3.8) is 0 Å². The molecule has 1 unspecified atom stereocenters. The third kappa shape index (κ3) is 4.50. The summed E-state index contributed by atoms with van der Waals surface area (Å²) in [5.74, 6) is -0.461. The Bertz CT molecular complexity index is 750. The summed E-state index contributed by atoms with van der Waals surface area (Å²) in [7, 11) is -1.72. The van der Waals surface area contributed by atoms with E-state index in [1.165, 1.54) is 18.4 Å². The molecule has 1 atom stereocenters. The maximum absolute atomic E-state index is 12.8. The van der Waals surface area contributed by atoms with Crippen LogP contribution in [0, 0.1) is 0 Å². The zero-order valence-electron chi connectivity index (χ0n) is 12.0. The molecule has 0 aliphatic rings. The Labute approximate surface area is 135 Å². The van der Waals surface area contributed by atoms with Gasteiger partial charge in [0.1, 0.15) is 5.75 Å². The minimum absolute atomic E-state index is 0.0608. The van der Waals surface area contributed by atoms with Crippen LogP contribution in [0.1, 0.15) is 5.56 Å². The van der Waals surface area contributed by atoms with Crippen LogP contribution in [0.3, 0.4) is 0 Å². The molecule has 2 aromatic carbocycles. The molecule has 0 aliphatic carbocycles. The van der Waals surface area contributed by atoms with Crippen molar-refractivity contribution in [2.24, 2.45) is 0 Å². The van der Waals surface area contributed by atoms with Crippen molar-refractivity contribution in [2.45, 2.75) is 17.4 Å². The first kappa shape index (κ1) is 18.3. The SMILES string of the molecule is CS(=O)c1cc(C(F)(F)F)ccc1-c1ccc(OC(F)(F)F)cc1. The Kier molecular flexibility index (Phi) is 4.93. The fraction of sp³-hybridized carbons (Fsp3) is 0.200. The molecule has 0 fully saturated rings. The first-order valence-electron chi connectivity index (χ1n) is 6.38. The van der Waals surface area contributed by atoms with Gasteiger partial charge in [-0.2, -0.15) is 13.2 Å². The Morgan fingerprint density at radius 1 is 0.917 bits per heavy atom. The van der Waals surface area contributed by atoms with Gasteiger partial charge in [-0.15, -0.1) is 13.2 Å². The van der Waals surface area contributed by atoms with Crippen LogP contribution in [0.25, 0.3) is 11.1 Å². The molecule has 0 N–H and O–H groups in total. The zero-order valence-corrected chi connectivity index (χ0v) is 12.9. The second-order valence-corrected chi connectivity index (χ2v) is 6.08. The molecule has 9 heteroatoms. The largest absolute Gasteiger partial charge is 0.573 e. The lowest BCUT2D eigenvalue weighted by molar-refractivity contribution is -0.274. The Morgan fingerprint density at radius 2 is 1.50 bits per heavy atom. The van der Waals surface area contributed by atoms with Gasteiger partial charge < -0.3 is 4.74 Å². The van der Waals surface area contributed by atoms with Crippen LogP contribution in [0.2, 0.25) is 0 Å². The lowest BCUT2D eigenvalue weighted by Gasteiger charge is -2.13. The van der Waals surface area contributed by atoms with Crippen molar-refractivity contribution in [3.05, 3.63) is 48.0 Å². The standard InChI is InChI=1S/C15H10F6O2S/c1-24(22)13-8-10(14(16,17)18)4-7-12(13)9-2-5-11(6-3-9)23-15(19,20)21/h2-8H,1H3. The molecule has 0 saturated heterocycles. The molecule has 2 aromatic rings. The lowest BCUT2D eigenvalue weighted by Crippen LogP contribution is -2.16. The quantitative estimate of drug-likeness (QED) is 0.712. The van der Waals surface area contributed by atoms with E-state index >= 15 is 0 Å². The van der Waals surface area contributed by atoms with Crippen LogP contribution in [0.15, 0.2) is 47.4 Å². The molecule has 0 bridgehead atoms. The average molecular weight is 368 g/mol. The van der Waals surface area contributed by atoms with Gasteiger partial charge in [0.2, 0.25) is 0 Å². The molecule has 130 valence electrons. The van der Waals surface area contributed by atoms with Gasteiger partial charge in [-0.25, -0.2) is 0 Å². The predicted octanol–water partition coefficient (Wildman–Crippen LogP) is 5.01. The fourth-order valence-electron chi connectivity index (χ4n) is 2.01. The van der Waals surface area contributed by atoms with Gasteiger partial charge in [0.15, 0.2) is 0 Å². The van der Waals surface area contributed by atoms with Crippen molar-refractivity contribution in [1.82, 2.24) is 0 Å². The molecular formula is C15H10F6O2S. The predicted molar refractivity (Wildman–Crippen MR) is 75.9 cm³/mol. The molecule has 0 saturated carbocycles. The highest BCUT2D eigenvalue weighted by atomic mass is 32.2. The van der Waals surface area contributed by atoms with E-state index in [1.807, 2.05) is 0 Å². The van der Waals surface area contributed by atoms with Crippen LogP contribution < -0.4 is 4.74 Å². The summed E-state index contributed by atoms with van der Waals surface area (Å²) in [6, 6.07) is 7.29. The van der Waals surface area contributed by atoms with Gasteiger partial charge in [-0.3, -0.25) is 4.21 Å². The normalized spacial score (nSPS) is 13.6. The Morgan fingerprint density at radius 3 is 1.96 bits per heavy atom. The number of halogens is 6. The van der Waals surface area contributed by atoms with Crippen LogP contribution in [-0.2, 0) is 17.0 Å². The maximum Gasteiger partial charge on any atom is 0.573 e. The molecule has 24 heavy (non-hydrogen) atoms. The van der Waals surface area contributed by atoms with Crippen LogP contribution >= 0.6 is 0 Å². The molecule has 2 nitrogen and oxygen atoms in total. The molecule has 0 aliphatic heterocycles. The number of alkyl halides is 6. The Hall–Kier alpha value is -2.03. The molecule has 0 heterocycles. The van der Waals surface area contributed by atoms with Crippen molar-refractivity contribution in [2.75, 3.05) is 6.26 Å². The lowest BCUT2D eigenvalue weighted by atomic mass is 10.0. The maximum atomic E-state index is 12.8.